The molecule has 3 heteroatoms. The zero-order valence-electron chi connectivity index (χ0n) is 7.48. The van der Waals surface area contributed by atoms with Gasteiger partial charge in [-0.15, -0.1) is 0 Å². The Morgan fingerprint density at radius 1 is 1.46 bits per heavy atom. The van der Waals surface area contributed by atoms with Gasteiger partial charge in [0.1, 0.15) is 0 Å². The third-order valence-corrected chi connectivity index (χ3v) is 3.67. The molecule has 1 heterocycles. The fourth-order valence-electron chi connectivity index (χ4n) is 1.76. The Kier molecular flexibility index (Phi) is 2.52. The third-order valence-electron chi connectivity index (χ3n) is 2.47. The van der Waals surface area contributed by atoms with E-state index in [0.717, 1.165) is 22.5 Å². The van der Waals surface area contributed by atoms with Crippen molar-refractivity contribution >= 4 is 33.2 Å². The Morgan fingerprint density at radius 2 is 2.23 bits per heavy atom. The maximum absolute atomic E-state index is 6.04. The predicted molar refractivity (Wildman–Crippen MR) is 60.7 cm³/mol. The van der Waals surface area contributed by atoms with Gasteiger partial charge in [-0.1, -0.05) is 11.6 Å². The van der Waals surface area contributed by atoms with Crippen molar-refractivity contribution in [2.45, 2.75) is 12.8 Å². The van der Waals surface area contributed by atoms with Gasteiger partial charge in [-0.25, -0.2) is 0 Å². The molecule has 0 saturated heterocycles. The number of halogens is 2. The van der Waals surface area contributed by atoms with E-state index in [9.17, 15) is 0 Å². The van der Waals surface area contributed by atoms with Crippen molar-refractivity contribution in [2.75, 3.05) is 18.5 Å². The molecular formula is C10H11BrClN. The van der Waals surface area contributed by atoms with Crippen LogP contribution in [-0.4, -0.2) is 13.6 Å². The Hall–Kier alpha value is -0.210. The number of rotatable bonds is 0. The monoisotopic (exact) mass is 259 g/mol. The molecule has 0 fully saturated rings. The van der Waals surface area contributed by atoms with Crippen molar-refractivity contribution in [1.82, 2.24) is 0 Å². The van der Waals surface area contributed by atoms with E-state index in [4.69, 9.17) is 11.6 Å². The molecule has 0 atom stereocenters. The van der Waals surface area contributed by atoms with Gasteiger partial charge in [0.25, 0.3) is 0 Å². The van der Waals surface area contributed by atoms with Crippen LogP contribution in [0.4, 0.5) is 5.69 Å². The van der Waals surface area contributed by atoms with Crippen LogP contribution in [0.1, 0.15) is 12.0 Å². The molecule has 0 amide bonds. The normalized spacial score (nSPS) is 15.8. The lowest BCUT2D eigenvalue weighted by Gasteiger charge is -2.27. The molecular weight excluding hydrogens is 249 g/mol. The molecule has 0 spiro atoms. The zero-order chi connectivity index (χ0) is 9.42. The Labute approximate surface area is 91.8 Å². The van der Waals surface area contributed by atoms with Gasteiger partial charge in [0.15, 0.2) is 0 Å². The van der Waals surface area contributed by atoms with Gasteiger partial charge in [0.2, 0.25) is 0 Å². The maximum atomic E-state index is 6.04. The van der Waals surface area contributed by atoms with E-state index >= 15 is 0 Å². The van der Waals surface area contributed by atoms with Crippen molar-refractivity contribution in [1.29, 1.82) is 0 Å². The SMILES string of the molecule is CN1CCCc2cc(Br)c(Cl)cc21. The highest BCUT2D eigenvalue weighted by Gasteiger charge is 2.15. The molecule has 70 valence electrons. The van der Waals surface area contributed by atoms with Crippen molar-refractivity contribution in [2.24, 2.45) is 0 Å². The zero-order valence-corrected chi connectivity index (χ0v) is 9.82. The highest BCUT2D eigenvalue weighted by atomic mass is 79.9. The molecule has 0 radical (unpaired) electrons. The number of benzene rings is 1. The van der Waals surface area contributed by atoms with Gasteiger partial charge in [-0.3, -0.25) is 0 Å². The number of aryl methyl sites for hydroxylation is 1. The second kappa shape index (κ2) is 3.50. The van der Waals surface area contributed by atoms with Gasteiger partial charge in [0.05, 0.1) is 5.02 Å². The summed E-state index contributed by atoms with van der Waals surface area (Å²) >= 11 is 9.48. The summed E-state index contributed by atoms with van der Waals surface area (Å²) in [6.45, 7) is 1.13. The average Bonchev–Trinajstić information content (AvgIpc) is 2.09. The van der Waals surface area contributed by atoms with E-state index in [-0.39, 0.29) is 0 Å². The Morgan fingerprint density at radius 3 is 3.00 bits per heavy atom. The van der Waals surface area contributed by atoms with Gasteiger partial charge < -0.3 is 4.90 Å². The second-order valence-electron chi connectivity index (χ2n) is 3.42. The lowest BCUT2D eigenvalue weighted by molar-refractivity contribution is 0.744. The minimum absolute atomic E-state index is 0.799. The van der Waals surface area contributed by atoms with Crippen LogP contribution >= 0.6 is 27.5 Å². The summed E-state index contributed by atoms with van der Waals surface area (Å²) in [4.78, 5) is 2.26. The second-order valence-corrected chi connectivity index (χ2v) is 4.68. The first kappa shape index (κ1) is 9.35. The fraction of sp³-hybridized carbons (Fsp3) is 0.400. The molecule has 1 aromatic rings. The first-order chi connectivity index (χ1) is 6.18. The quantitative estimate of drug-likeness (QED) is 0.690. The van der Waals surface area contributed by atoms with Crippen molar-refractivity contribution in [3.8, 4) is 0 Å². The Balaban J connectivity index is 2.52. The summed E-state index contributed by atoms with van der Waals surface area (Å²) in [5.41, 5.74) is 2.67. The summed E-state index contributed by atoms with van der Waals surface area (Å²) in [5.74, 6) is 0. The van der Waals surface area contributed by atoms with E-state index in [0.29, 0.717) is 0 Å². The maximum Gasteiger partial charge on any atom is 0.0568 e. The smallest absolute Gasteiger partial charge is 0.0568 e. The van der Waals surface area contributed by atoms with Crippen LogP contribution < -0.4 is 4.90 Å². The number of fused-ring (bicyclic) bond motifs is 1. The van der Waals surface area contributed by atoms with E-state index in [1.807, 2.05) is 6.07 Å². The highest BCUT2D eigenvalue weighted by Crippen LogP contribution is 2.33. The first-order valence-corrected chi connectivity index (χ1v) is 5.54. The van der Waals surface area contributed by atoms with E-state index < -0.39 is 0 Å². The topological polar surface area (TPSA) is 3.24 Å². The predicted octanol–water partition coefficient (Wildman–Crippen LogP) is 3.48. The molecule has 2 rings (SSSR count). The van der Waals surface area contributed by atoms with Crippen LogP contribution in [0, 0.1) is 0 Å². The van der Waals surface area contributed by atoms with Crippen LogP contribution in [0.3, 0.4) is 0 Å². The molecule has 0 unspecified atom stereocenters. The molecule has 1 aliphatic heterocycles. The molecule has 13 heavy (non-hydrogen) atoms. The van der Waals surface area contributed by atoms with Gasteiger partial charge in [0, 0.05) is 23.8 Å². The lowest BCUT2D eigenvalue weighted by Crippen LogP contribution is -2.24. The minimum Gasteiger partial charge on any atom is -0.374 e. The van der Waals surface area contributed by atoms with Crippen LogP contribution in [0.5, 0.6) is 0 Å². The summed E-state index contributed by atoms with van der Waals surface area (Å²) in [6.07, 6.45) is 2.40. The highest BCUT2D eigenvalue weighted by molar-refractivity contribution is 9.10. The molecule has 0 saturated carbocycles. The molecule has 1 aliphatic rings. The molecule has 1 aromatic carbocycles. The average molecular weight is 261 g/mol. The number of hydrogen-bond acceptors (Lipinski definition) is 1. The lowest BCUT2D eigenvalue weighted by atomic mass is 10.0. The van der Waals surface area contributed by atoms with Crippen LogP contribution in [0.25, 0.3) is 0 Å². The molecule has 0 N–H and O–H groups in total. The van der Waals surface area contributed by atoms with Crippen molar-refractivity contribution in [3.63, 3.8) is 0 Å². The van der Waals surface area contributed by atoms with E-state index in [1.54, 1.807) is 0 Å². The van der Waals surface area contributed by atoms with Crippen molar-refractivity contribution < 1.29 is 0 Å². The molecule has 1 nitrogen and oxygen atoms in total. The van der Waals surface area contributed by atoms with E-state index in [2.05, 4.69) is 33.9 Å². The summed E-state index contributed by atoms with van der Waals surface area (Å²) in [7, 11) is 2.11. The number of anilines is 1. The summed E-state index contributed by atoms with van der Waals surface area (Å²) in [5, 5.41) is 0.799. The number of nitrogens with zero attached hydrogens (tertiary/aromatic N) is 1. The fourth-order valence-corrected chi connectivity index (χ4v) is 2.31. The van der Waals surface area contributed by atoms with Crippen LogP contribution in [0.15, 0.2) is 16.6 Å². The van der Waals surface area contributed by atoms with Crippen LogP contribution in [0.2, 0.25) is 5.02 Å². The standard InChI is InChI=1S/C10H11BrClN/c1-13-4-2-3-7-5-8(11)9(12)6-10(7)13/h5-6H,2-4H2,1H3. The Bertz CT molecular complexity index is 338. The molecule has 0 bridgehead atoms. The summed E-state index contributed by atoms with van der Waals surface area (Å²) in [6, 6.07) is 4.17. The third kappa shape index (κ3) is 1.70. The van der Waals surface area contributed by atoms with Gasteiger partial charge in [-0.2, -0.15) is 0 Å². The van der Waals surface area contributed by atoms with Gasteiger partial charge >= 0.3 is 0 Å². The number of hydrogen-bond donors (Lipinski definition) is 0. The minimum atomic E-state index is 0.799. The van der Waals surface area contributed by atoms with E-state index in [1.165, 1.54) is 17.7 Å². The molecule has 0 aliphatic carbocycles. The largest absolute Gasteiger partial charge is 0.374 e. The van der Waals surface area contributed by atoms with Gasteiger partial charge in [-0.05, 0) is 46.5 Å². The first-order valence-electron chi connectivity index (χ1n) is 4.37. The summed E-state index contributed by atoms with van der Waals surface area (Å²) < 4.78 is 1.00. The van der Waals surface area contributed by atoms with Crippen LogP contribution in [-0.2, 0) is 6.42 Å². The van der Waals surface area contributed by atoms with Crippen molar-refractivity contribution in [3.05, 3.63) is 27.2 Å². The molecule has 0 aromatic heterocycles.